The maximum Gasteiger partial charge on any atom is 0.143 e. The predicted octanol–water partition coefficient (Wildman–Crippen LogP) is 36.9. The highest BCUT2D eigenvalue weighted by atomic mass is 79.9. The Labute approximate surface area is 818 Å². The molecule has 5 heteroatoms. The van der Waals surface area contributed by atoms with E-state index in [2.05, 4.69) is 542 Å². The molecule has 0 spiro atoms. The highest BCUT2D eigenvalue weighted by Gasteiger charge is 2.49. The van der Waals surface area contributed by atoms with Crippen LogP contribution in [0.15, 0.2) is 559 Å². The molecule has 2 aliphatic carbocycles. The number of rotatable bonds is 17. The van der Waals surface area contributed by atoms with Gasteiger partial charge in [0.05, 0.1) is 16.5 Å². The van der Waals surface area contributed by atoms with Crippen LogP contribution in [0.3, 0.4) is 0 Å². The highest BCUT2D eigenvalue weighted by molar-refractivity contribution is 9.10. The molecule has 26 rings (SSSR count). The van der Waals surface area contributed by atoms with E-state index in [-0.39, 0.29) is 5.41 Å². The molecule has 0 bridgehead atoms. The molecule has 0 aliphatic heterocycles. The Morgan fingerprint density at radius 3 is 0.856 bits per heavy atom. The summed E-state index contributed by atoms with van der Waals surface area (Å²) >= 11 is 3.80. The normalized spacial score (nSPS) is 12.3. The van der Waals surface area contributed by atoms with Gasteiger partial charge >= 0.3 is 0 Å². The predicted molar refractivity (Wildman–Crippen MR) is 584 cm³/mol. The van der Waals surface area contributed by atoms with Gasteiger partial charge in [0.1, 0.15) is 22.3 Å². The number of hydrogen-bond acceptors (Lipinski definition) is 4. The minimum absolute atomic E-state index is 0.355. The van der Waals surface area contributed by atoms with Crippen molar-refractivity contribution in [1.29, 1.82) is 0 Å². The van der Waals surface area contributed by atoms with E-state index in [1.165, 1.54) is 122 Å². The topological polar surface area (TPSA) is 41.6 Å². The Balaban J connectivity index is 0.000000126. The third-order valence-electron chi connectivity index (χ3n) is 28.0. The van der Waals surface area contributed by atoms with Crippen LogP contribution in [0, 0.1) is 0 Å². The lowest BCUT2D eigenvalue weighted by atomic mass is 9.67. The van der Waals surface area contributed by atoms with E-state index in [9.17, 15) is 0 Å². The van der Waals surface area contributed by atoms with E-state index in [0.717, 1.165) is 110 Å². The van der Waals surface area contributed by atoms with Gasteiger partial charge in [-0.05, 0) is 212 Å². The Morgan fingerprint density at radius 2 is 0.453 bits per heavy atom. The van der Waals surface area contributed by atoms with Crippen molar-refractivity contribution in [1.82, 2.24) is 0 Å². The van der Waals surface area contributed by atoms with Gasteiger partial charge in [-0.2, -0.15) is 0 Å². The smallest absolute Gasteiger partial charge is 0.143 e. The second-order valence-corrected chi connectivity index (χ2v) is 36.5. The van der Waals surface area contributed by atoms with E-state index in [1.807, 2.05) is 30.3 Å². The summed E-state index contributed by atoms with van der Waals surface area (Å²) in [4.78, 5) is 2.42. The van der Waals surface area contributed by atoms with Crippen LogP contribution in [0.2, 0.25) is 0 Å². The number of nitrogens with one attached hydrogen (secondary N) is 1. The molecular weight excluding hydrogens is 1750 g/mol. The van der Waals surface area contributed by atoms with Gasteiger partial charge in [0.15, 0.2) is 0 Å². The zero-order chi connectivity index (χ0) is 92.6. The van der Waals surface area contributed by atoms with Gasteiger partial charge in [-0.3, -0.25) is 0 Å². The Hall–Kier alpha value is -17.5. The first-order valence-electron chi connectivity index (χ1n) is 47.5. The van der Waals surface area contributed by atoms with Crippen molar-refractivity contribution in [2.75, 3.05) is 10.2 Å². The number of para-hydroxylation sites is 5. The molecule has 0 atom stereocenters. The Morgan fingerprint density at radius 1 is 0.187 bits per heavy atom. The first kappa shape index (κ1) is 84.5. The first-order valence-corrected chi connectivity index (χ1v) is 48.3. The summed E-state index contributed by atoms with van der Waals surface area (Å²) in [6, 6.07) is 196. The van der Waals surface area contributed by atoms with E-state index >= 15 is 0 Å². The number of nitrogens with zero attached hydrogens (tertiary/aromatic N) is 1. The molecule has 139 heavy (non-hydrogen) atoms. The number of benzene rings is 22. The number of fused-ring (bicyclic) bond motifs is 12. The van der Waals surface area contributed by atoms with Crippen molar-refractivity contribution in [3.63, 3.8) is 0 Å². The third kappa shape index (κ3) is 15.3. The zero-order valence-electron chi connectivity index (χ0n) is 76.1. The highest BCUT2D eigenvalue weighted by Crippen LogP contribution is 2.62. The molecule has 2 aliphatic rings. The Kier molecular flexibility index (Phi) is 22.3. The lowest BCUT2D eigenvalue weighted by Crippen LogP contribution is -2.28. The quantitative estimate of drug-likeness (QED) is 0.0986. The van der Waals surface area contributed by atoms with Gasteiger partial charge in [-0.25, -0.2) is 0 Å². The van der Waals surface area contributed by atoms with Crippen molar-refractivity contribution in [3.8, 4) is 111 Å². The van der Waals surface area contributed by atoms with Crippen LogP contribution < -0.4 is 10.2 Å². The fraction of sp³-hybridized carbons (Fsp3) is 0.0149. The molecule has 24 aromatic rings. The number of halogens is 1. The standard InChI is InChI=1S/C67H45NO.C36H25NO.C31H21Br/c1-4-18-46(19-5-1)47-34-36-48(37-35-47)49-38-42-53(43-39-49)68(54-44-40-50(41-45-54)55-27-16-29-59-57-25-12-15-33-64(57)69-66(55)59)63-32-14-11-24-56(63)58-28-17-31-62-65(58)60-26-10-13-30-61(60)67(62,51-20-6-2-7-21-51)52-22-8-3-9-23-52;1-2-7-25(8-3-1)26-13-15-27(16-14-26)28-17-21-30(22-18-28)37-31-23-19-29(20-24-31)32-10-6-11-34-33-9-4-5-12-35(33)38-36(32)34;32-29-21-10-8-16-24(29)25-18-11-20-28-30(25)26-17-7-9-19-27(26)31(28,22-12-3-1-4-13-22)23-14-5-2-6-15-23/h1-45H;1-24,37H;1-21H. The molecule has 22 aromatic carbocycles. The molecule has 0 unspecified atom stereocenters. The fourth-order valence-electron chi connectivity index (χ4n) is 21.6. The molecule has 2 heterocycles. The molecule has 656 valence electrons. The number of hydrogen-bond donors (Lipinski definition) is 1. The summed E-state index contributed by atoms with van der Waals surface area (Å²) < 4.78 is 13.9. The van der Waals surface area contributed by atoms with Crippen molar-refractivity contribution >= 4 is 88.2 Å². The first-order chi connectivity index (χ1) is 68.9. The molecule has 1 N–H and O–H groups in total. The van der Waals surface area contributed by atoms with Crippen molar-refractivity contribution in [2.24, 2.45) is 0 Å². The van der Waals surface area contributed by atoms with Crippen LogP contribution in [-0.2, 0) is 10.8 Å². The number of anilines is 5. The monoisotopic (exact) mass is 1840 g/mol. The van der Waals surface area contributed by atoms with Gasteiger partial charge in [0.25, 0.3) is 0 Å². The molecule has 0 amide bonds. The Bertz CT molecular complexity index is 8500. The van der Waals surface area contributed by atoms with E-state index in [1.54, 1.807) is 0 Å². The average molecular weight is 1840 g/mol. The van der Waals surface area contributed by atoms with Crippen LogP contribution >= 0.6 is 15.9 Å². The average Bonchev–Trinajstić information content (AvgIpc) is 1.54. The van der Waals surface area contributed by atoms with Gasteiger partial charge < -0.3 is 19.1 Å². The van der Waals surface area contributed by atoms with Crippen molar-refractivity contribution < 1.29 is 8.83 Å². The van der Waals surface area contributed by atoms with E-state index in [4.69, 9.17) is 8.83 Å². The summed E-state index contributed by atoms with van der Waals surface area (Å²) in [5.41, 5.74) is 42.5. The lowest BCUT2D eigenvalue weighted by molar-refractivity contribution is 0.669. The summed E-state index contributed by atoms with van der Waals surface area (Å²) in [5, 5.41) is 8.08. The van der Waals surface area contributed by atoms with Gasteiger partial charge in [0, 0.05) is 65.5 Å². The van der Waals surface area contributed by atoms with Gasteiger partial charge in [-0.15, -0.1) is 0 Å². The molecule has 2 aromatic heterocycles. The third-order valence-corrected chi connectivity index (χ3v) is 28.6. The summed E-state index contributed by atoms with van der Waals surface area (Å²) in [7, 11) is 0. The minimum atomic E-state index is -0.507. The van der Waals surface area contributed by atoms with Crippen LogP contribution in [0.4, 0.5) is 28.4 Å². The maximum atomic E-state index is 6.52. The van der Waals surface area contributed by atoms with Gasteiger partial charge in [-0.1, -0.05) is 489 Å². The molecule has 0 radical (unpaired) electrons. The summed E-state index contributed by atoms with van der Waals surface area (Å²) in [6.07, 6.45) is 0. The summed E-state index contributed by atoms with van der Waals surface area (Å²) in [6.45, 7) is 0. The molecule has 0 fully saturated rings. The maximum absolute atomic E-state index is 6.52. The second kappa shape index (κ2) is 36.7. The van der Waals surface area contributed by atoms with E-state index in [0.29, 0.717) is 0 Å². The van der Waals surface area contributed by atoms with E-state index < -0.39 is 5.41 Å². The molecule has 0 saturated heterocycles. The van der Waals surface area contributed by atoms with Gasteiger partial charge in [0.2, 0.25) is 0 Å². The van der Waals surface area contributed by atoms with Crippen molar-refractivity contribution in [2.45, 2.75) is 10.8 Å². The van der Waals surface area contributed by atoms with Crippen LogP contribution in [-0.4, -0.2) is 0 Å². The molecule has 4 nitrogen and oxygen atoms in total. The van der Waals surface area contributed by atoms with Crippen LogP contribution in [0.5, 0.6) is 0 Å². The molecular formula is C134H91BrN2O2. The zero-order valence-corrected chi connectivity index (χ0v) is 77.7. The molecule has 0 saturated carbocycles. The lowest BCUT2D eigenvalue weighted by Gasteiger charge is -2.34. The van der Waals surface area contributed by atoms with Crippen LogP contribution in [0.25, 0.3) is 155 Å². The summed E-state index contributed by atoms with van der Waals surface area (Å²) in [5.74, 6) is 0. The minimum Gasteiger partial charge on any atom is -0.455 e. The largest absolute Gasteiger partial charge is 0.455 e. The fourth-order valence-corrected chi connectivity index (χ4v) is 22.1. The second-order valence-electron chi connectivity index (χ2n) is 35.7. The number of furan rings is 2. The van der Waals surface area contributed by atoms with Crippen molar-refractivity contribution in [3.05, 3.63) is 595 Å². The van der Waals surface area contributed by atoms with Crippen LogP contribution in [0.1, 0.15) is 44.5 Å². The SMILES string of the molecule is Brc1ccccc1-c1cccc2c1-c1ccccc1C2(c1ccccc1)c1ccccc1.c1ccc(-c2ccc(-c3ccc(N(c4ccc(-c5cccc6c5oc5ccccc56)cc4)c4ccccc4-c4cccc5c4-c4ccccc4C5(c4ccccc4)c4ccccc4)cc3)cc2)cc1.c1ccc(-c2ccc(-c3ccc(Nc4ccc(-c5cccc6c5oc5ccccc56)cc4)cc3)cc2)cc1.